The summed E-state index contributed by atoms with van der Waals surface area (Å²) in [6.07, 6.45) is 1.46. The number of thiazole rings is 1. The fraction of sp³-hybridized carbons (Fsp3) is 0. The third-order valence-electron chi connectivity index (χ3n) is 1.87. The number of ether oxygens (including phenoxy) is 1. The molecule has 0 spiro atoms. The molecular formula is C10H6CoN2O4S. The number of esters is 1. The Kier molecular flexibility index (Phi) is 4.95. The largest absolute Gasteiger partial charge is 0.414 e. The van der Waals surface area contributed by atoms with Gasteiger partial charge in [-0.15, -0.1) is 11.3 Å². The first-order chi connectivity index (χ1) is 8.18. The van der Waals surface area contributed by atoms with Crippen molar-refractivity contribution in [1.29, 1.82) is 0 Å². The zero-order chi connectivity index (χ0) is 12.3. The van der Waals surface area contributed by atoms with Crippen LogP contribution in [-0.4, -0.2) is 15.9 Å². The van der Waals surface area contributed by atoms with Crippen LogP contribution in [0, 0.1) is 10.1 Å². The van der Waals surface area contributed by atoms with Crippen LogP contribution in [0.4, 0.5) is 5.69 Å². The van der Waals surface area contributed by atoms with E-state index in [2.05, 4.69) is 4.98 Å². The molecule has 1 radical (unpaired) electrons. The van der Waals surface area contributed by atoms with Gasteiger partial charge in [0.25, 0.3) is 0 Å². The fourth-order valence-electron chi connectivity index (χ4n) is 1.16. The predicted molar refractivity (Wildman–Crippen MR) is 60.2 cm³/mol. The molecule has 0 aliphatic heterocycles. The number of carbonyl (C=O) groups is 1. The molecule has 1 heterocycles. The number of nitrogens with zero attached hydrogens (tertiary/aromatic N) is 2. The maximum absolute atomic E-state index is 11.6. The van der Waals surface area contributed by atoms with Crippen molar-refractivity contribution in [1.82, 2.24) is 4.98 Å². The Hall–Kier alpha value is -1.77. The maximum Gasteiger partial charge on any atom is 0.373 e. The molecule has 1 aromatic heterocycles. The summed E-state index contributed by atoms with van der Waals surface area (Å²) >= 11 is 1.11. The molecule has 0 fully saturated rings. The van der Waals surface area contributed by atoms with Crippen LogP contribution in [0.25, 0.3) is 0 Å². The number of nitro groups is 1. The number of para-hydroxylation sites is 2. The Balaban J connectivity index is 0.00000162. The monoisotopic (exact) mass is 309 g/mol. The minimum Gasteiger partial charge on any atom is -0.414 e. The van der Waals surface area contributed by atoms with Crippen LogP contribution < -0.4 is 4.74 Å². The molecule has 0 N–H and O–H groups in total. The molecular weight excluding hydrogens is 303 g/mol. The first kappa shape index (κ1) is 14.3. The van der Waals surface area contributed by atoms with Crippen molar-refractivity contribution in [3.63, 3.8) is 0 Å². The molecule has 0 saturated carbocycles. The molecule has 0 atom stereocenters. The molecule has 0 aliphatic rings. The summed E-state index contributed by atoms with van der Waals surface area (Å²) in [5.74, 6) is -0.785. The van der Waals surface area contributed by atoms with E-state index in [1.807, 2.05) is 0 Å². The van der Waals surface area contributed by atoms with Crippen molar-refractivity contribution in [3.8, 4) is 5.75 Å². The molecule has 6 nitrogen and oxygen atoms in total. The van der Waals surface area contributed by atoms with Crippen LogP contribution >= 0.6 is 11.3 Å². The number of hydrogen-bond acceptors (Lipinski definition) is 6. The van der Waals surface area contributed by atoms with E-state index in [1.54, 1.807) is 11.4 Å². The molecule has 2 rings (SSSR count). The number of benzene rings is 1. The molecule has 2 aromatic rings. The van der Waals surface area contributed by atoms with Gasteiger partial charge in [0.2, 0.25) is 10.8 Å². The number of rotatable bonds is 3. The van der Waals surface area contributed by atoms with Gasteiger partial charge in [0.1, 0.15) is 0 Å². The van der Waals surface area contributed by atoms with E-state index < -0.39 is 10.9 Å². The molecule has 95 valence electrons. The molecule has 0 unspecified atom stereocenters. The second-order valence-corrected chi connectivity index (χ2v) is 3.85. The molecule has 8 heteroatoms. The van der Waals surface area contributed by atoms with Crippen molar-refractivity contribution in [2.75, 3.05) is 0 Å². The van der Waals surface area contributed by atoms with Crippen LogP contribution in [0.3, 0.4) is 0 Å². The SMILES string of the molecule is O=C(Oc1ccccc1[N+](=O)[O-])c1nccs1.[Co]. The van der Waals surface area contributed by atoms with Crippen molar-refractivity contribution in [3.05, 3.63) is 51.0 Å². The zero-order valence-corrected chi connectivity index (χ0v) is 10.6. The predicted octanol–water partition coefficient (Wildman–Crippen LogP) is 2.27. The zero-order valence-electron chi connectivity index (χ0n) is 8.73. The Morgan fingerprint density at radius 2 is 2.11 bits per heavy atom. The average molecular weight is 309 g/mol. The summed E-state index contributed by atoms with van der Waals surface area (Å²) in [6, 6.07) is 5.68. The standard InChI is InChI=1S/C10H6N2O4S.Co/c13-10(9-11-5-6-17-9)16-8-4-2-1-3-7(8)12(14)15;/h1-6H;. The van der Waals surface area contributed by atoms with E-state index in [-0.39, 0.29) is 33.2 Å². The van der Waals surface area contributed by atoms with Crippen LogP contribution in [0.15, 0.2) is 35.8 Å². The van der Waals surface area contributed by atoms with E-state index >= 15 is 0 Å². The first-order valence-electron chi connectivity index (χ1n) is 4.53. The van der Waals surface area contributed by atoms with Gasteiger partial charge in [0, 0.05) is 34.4 Å². The number of aromatic nitrogens is 1. The molecule has 0 bridgehead atoms. The minimum absolute atomic E-state index is 0. The fourth-order valence-corrected chi connectivity index (χ4v) is 1.67. The van der Waals surface area contributed by atoms with E-state index in [0.29, 0.717) is 0 Å². The quantitative estimate of drug-likeness (QED) is 0.376. The van der Waals surface area contributed by atoms with Gasteiger partial charge in [-0.05, 0) is 6.07 Å². The average Bonchev–Trinajstić information content (AvgIpc) is 2.83. The Labute approximate surface area is 116 Å². The Morgan fingerprint density at radius 3 is 2.72 bits per heavy atom. The summed E-state index contributed by atoms with van der Waals surface area (Å²) in [5.41, 5.74) is -0.252. The van der Waals surface area contributed by atoms with Crippen LogP contribution in [0.2, 0.25) is 0 Å². The number of carbonyl (C=O) groups excluding carboxylic acids is 1. The van der Waals surface area contributed by atoms with Gasteiger partial charge in [-0.25, -0.2) is 9.78 Å². The van der Waals surface area contributed by atoms with Crippen molar-refractivity contribution in [2.24, 2.45) is 0 Å². The van der Waals surface area contributed by atoms with E-state index in [1.165, 1.54) is 24.4 Å². The Morgan fingerprint density at radius 1 is 1.39 bits per heavy atom. The van der Waals surface area contributed by atoms with Gasteiger partial charge < -0.3 is 4.74 Å². The first-order valence-corrected chi connectivity index (χ1v) is 5.41. The van der Waals surface area contributed by atoms with Crippen LogP contribution in [0.5, 0.6) is 5.75 Å². The van der Waals surface area contributed by atoms with Gasteiger partial charge in [0.15, 0.2) is 0 Å². The normalized spacial score (nSPS) is 9.33. The summed E-state index contributed by atoms with van der Waals surface area (Å²) in [6.45, 7) is 0. The van der Waals surface area contributed by atoms with Gasteiger partial charge in [-0.2, -0.15) is 0 Å². The molecule has 0 aliphatic carbocycles. The topological polar surface area (TPSA) is 82.3 Å². The van der Waals surface area contributed by atoms with E-state index in [4.69, 9.17) is 4.74 Å². The second kappa shape index (κ2) is 6.24. The second-order valence-electron chi connectivity index (χ2n) is 2.95. The van der Waals surface area contributed by atoms with Gasteiger partial charge in [-0.1, -0.05) is 12.1 Å². The van der Waals surface area contributed by atoms with Gasteiger partial charge >= 0.3 is 11.7 Å². The maximum atomic E-state index is 11.6. The number of nitro benzene ring substituents is 1. The summed E-state index contributed by atoms with van der Waals surface area (Å²) < 4.78 is 4.92. The Bertz CT molecular complexity index is 559. The summed E-state index contributed by atoms with van der Waals surface area (Å²) in [4.78, 5) is 25.4. The smallest absolute Gasteiger partial charge is 0.373 e. The van der Waals surface area contributed by atoms with Crippen molar-refractivity contribution in [2.45, 2.75) is 0 Å². The van der Waals surface area contributed by atoms with E-state index in [0.717, 1.165) is 11.3 Å². The summed E-state index contributed by atoms with van der Waals surface area (Å²) in [5, 5.41) is 12.5. The van der Waals surface area contributed by atoms with Gasteiger partial charge in [0.05, 0.1) is 4.92 Å². The van der Waals surface area contributed by atoms with Crippen LogP contribution in [-0.2, 0) is 16.8 Å². The molecule has 0 saturated heterocycles. The molecule has 18 heavy (non-hydrogen) atoms. The van der Waals surface area contributed by atoms with Crippen molar-refractivity contribution < 1.29 is 31.2 Å². The van der Waals surface area contributed by atoms with Crippen molar-refractivity contribution >= 4 is 23.0 Å². The molecule has 0 amide bonds. The molecule has 1 aromatic carbocycles. The third kappa shape index (κ3) is 3.12. The third-order valence-corrected chi connectivity index (χ3v) is 2.62. The number of hydrogen-bond donors (Lipinski definition) is 0. The van der Waals surface area contributed by atoms with Gasteiger partial charge in [-0.3, -0.25) is 10.1 Å². The minimum atomic E-state index is -0.700. The van der Waals surface area contributed by atoms with E-state index in [9.17, 15) is 14.9 Å². The summed E-state index contributed by atoms with van der Waals surface area (Å²) in [7, 11) is 0. The van der Waals surface area contributed by atoms with Crippen LogP contribution in [0.1, 0.15) is 9.80 Å².